The Morgan fingerprint density at radius 2 is 1.58 bits per heavy atom. The number of carbonyl (C=O) groups excluding carboxylic acids is 1. The molecule has 1 amide bonds. The summed E-state index contributed by atoms with van der Waals surface area (Å²) >= 11 is 0. The molecule has 6 heteroatoms. The number of amides is 1. The number of rotatable bonds is 5. The Kier molecular flexibility index (Phi) is 5.55. The zero-order valence-electron chi connectivity index (χ0n) is 17.9. The third-order valence-electron chi connectivity index (χ3n) is 5.67. The highest BCUT2D eigenvalue weighted by Crippen LogP contribution is 2.43. The number of halogens is 1. The second-order valence-corrected chi connectivity index (χ2v) is 7.46. The molecule has 0 unspecified atom stereocenters. The van der Waals surface area contributed by atoms with Crippen LogP contribution in [-0.2, 0) is 11.2 Å². The maximum absolute atomic E-state index is 14.4. The lowest BCUT2D eigenvalue weighted by molar-refractivity contribution is -0.118. The molecule has 0 radical (unpaired) electrons. The predicted octanol–water partition coefficient (Wildman–Crippen LogP) is 4.84. The van der Waals surface area contributed by atoms with Crippen LogP contribution in [0.3, 0.4) is 0 Å². The van der Waals surface area contributed by atoms with Crippen LogP contribution in [0.5, 0.6) is 17.2 Å². The van der Waals surface area contributed by atoms with Crippen LogP contribution in [-0.4, -0.2) is 27.2 Å². The summed E-state index contributed by atoms with van der Waals surface area (Å²) in [5.41, 5.74) is 3.68. The van der Waals surface area contributed by atoms with Gasteiger partial charge in [-0.05, 0) is 65.6 Å². The number of aryl methyl sites for hydroxylation is 1. The fourth-order valence-corrected chi connectivity index (χ4v) is 4.02. The van der Waals surface area contributed by atoms with Crippen LogP contribution in [0, 0.1) is 12.7 Å². The molecule has 0 saturated heterocycles. The number of hydrogen-bond donors (Lipinski definition) is 0. The first-order valence-electron chi connectivity index (χ1n) is 9.93. The van der Waals surface area contributed by atoms with E-state index in [2.05, 4.69) is 0 Å². The topological polar surface area (TPSA) is 48.0 Å². The van der Waals surface area contributed by atoms with E-state index in [4.69, 9.17) is 14.2 Å². The van der Waals surface area contributed by atoms with E-state index in [1.165, 1.54) is 6.07 Å². The second-order valence-electron chi connectivity index (χ2n) is 7.46. The minimum atomic E-state index is -0.455. The maximum Gasteiger partial charge on any atom is 0.232 e. The lowest BCUT2D eigenvalue weighted by Gasteiger charge is -2.38. The number of ether oxygens (including phenoxy) is 3. The van der Waals surface area contributed by atoms with Gasteiger partial charge in [-0.3, -0.25) is 4.79 Å². The Morgan fingerprint density at radius 1 is 0.903 bits per heavy atom. The highest BCUT2D eigenvalue weighted by atomic mass is 19.1. The molecule has 1 aliphatic rings. The van der Waals surface area contributed by atoms with Crippen LogP contribution >= 0.6 is 0 Å². The maximum atomic E-state index is 14.4. The van der Waals surface area contributed by atoms with E-state index >= 15 is 0 Å². The average Bonchev–Trinajstić information content (AvgIpc) is 2.79. The summed E-state index contributed by atoms with van der Waals surface area (Å²) in [6.45, 7) is 1.70. The molecule has 0 N–H and O–H groups in total. The van der Waals surface area contributed by atoms with Crippen molar-refractivity contribution in [3.05, 3.63) is 82.7 Å². The van der Waals surface area contributed by atoms with Gasteiger partial charge >= 0.3 is 0 Å². The molecule has 0 fully saturated rings. The molecule has 1 heterocycles. The molecule has 3 aromatic carbocycles. The summed E-state index contributed by atoms with van der Waals surface area (Å²) in [6, 6.07) is 15.7. The van der Waals surface area contributed by atoms with Crippen molar-refractivity contribution in [3.63, 3.8) is 0 Å². The minimum absolute atomic E-state index is 0.121. The normalized spacial score (nSPS) is 15.5. The van der Waals surface area contributed by atoms with Gasteiger partial charge in [0, 0.05) is 5.69 Å². The summed E-state index contributed by atoms with van der Waals surface area (Å²) in [4.78, 5) is 15.0. The monoisotopic (exact) mass is 421 g/mol. The van der Waals surface area contributed by atoms with Crippen LogP contribution in [0.1, 0.15) is 28.3 Å². The van der Waals surface area contributed by atoms with E-state index in [-0.39, 0.29) is 18.1 Å². The summed E-state index contributed by atoms with van der Waals surface area (Å²) in [7, 11) is 4.75. The van der Waals surface area contributed by atoms with Gasteiger partial charge in [0.15, 0.2) is 11.5 Å². The Morgan fingerprint density at radius 3 is 2.19 bits per heavy atom. The van der Waals surface area contributed by atoms with Crippen LogP contribution < -0.4 is 19.1 Å². The van der Waals surface area contributed by atoms with Gasteiger partial charge < -0.3 is 19.1 Å². The number of nitrogens with zero attached hydrogens (tertiary/aromatic N) is 1. The van der Waals surface area contributed by atoms with Gasteiger partial charge in [-0.2, -0.15) is 0 Å². The van der Waals surface area contributed by atoms with Gasteiger partial charge in [0.2, 0.25) is 5.91 Å². The van der Waals surface area contributed by atoms with Gasteiger partial charge in [0.25, 0.3) is 0 Å². The first-order valence-corrected chi connectivity index (χ1v) is 9.93. The first-order chi connectivity index (χ1) is 15.0. The van der Waals surface area contributed by atoms with Gasteiger partial charge in [0.05, 0.1) is 33.8 Å². The molecule has 0 aliphatic carbocycles. The molecule has 5 nitrogen and oxygen atoms in total. The van der Waals surface area contributed by atoms with E-state index in [0.717, 1.165) is 16.7 Å². The molecule has 0 spiro atoms. The van der Waals surface area contributed by atoms with Gasteiger partial charge in [0.1, 0.15) is 11.6 Å². The van der Waals surface area contributed by atoms with Crippen molar-refractivity contribution >= 4 is 11.6 Å². The van der Waals surface area contributed by atoms with E-state index in [1.54, 1.807) is 45.3 Å². The molecular formula is C25H24FNO4. The lowest BCUT2D eigenvalue weighted by Crippen LogP contribution is -2.41. The number of fused-ring (bicyclic) bond motifs is 1. The molecule has 31 heavy (non-hydrogen) atoms. The van der Waals surface area contributed by atoms with Crippen molar-refractivity contribution < 1.29 is 23.4 Å². The zero-order valence-corrected chi connectivity index (χ0v) is 17.9. The third kappa shape index (κ3) is 3.69. The highest BCUT2D eigenvalue weighted by Gasteiger charge is 2.36. The summed E-state index contributed by atoms with van der Waals surface area (Å²) in [6.07, 6.45) is 0.178. The smallest absolute Gasteiger partial charge is 0.232 e. The molecule has 0 aromatic heterocycles. The fourth-order valence-electron chi connectivity index (χ4n) is 4.02. The Labute approximate surface area is 181 Å². The van der Waals surface area contributed by atoms with E-state index < -0.39 is 6.04 Å². The largest absolute Gasteiger partial charge is 0.497 e. The minimum Gasteiger partial charge on any atom is -0.497 e. The fraction of sp³-hybridized carbons (Fsp3) is 0.240. The van der Waals surface area contributed by atoms with Gasteiger partial charge in [-0.1, -0.05) is 18.2 Å². The summed E-state index contributed by atoms with van der Waals surface area (Å²) in [5, 5.41) is 0. The van der Waals surface area contributed by atoms with Crippen LogP contribution in [0.4, 0.5) is 10.1 Å². The molecule has 1 aliphatic heterocycles. The Balaban J connectivity index is 1.93. The summed E-state index contributed by atoms with van der Waals surface area (Å²) in [5.74, 6) is 1.38. The van der Waals surface area contributed by atoms with E-state index in [9.17, 15) is 9.18 Å². The molecule has 160 valence electrons. The van der Waals surface area contributed by atoms with Crippen molar-refractivity contribution in [3.8, 4) is 17.2 Å². The number of methoxy groups -OCH3 is 3. The van der Waals surface area contributed by atoms with Crippen molar-refractivity contribution in [2.45, 2.75) is 19.4 Å². The van der Waals surface area contributed by atoms with E-state index in [0.29, 0.717) is 28.5 Å². The highest BCUT2D eigenvalue weighted by molar-refractivity contribution is 5.98. The van der Waals surface area contributed by atoms with Crippen molar-refractivity contribution in [2.24, 2.45) is 0 Å². The van der Waals surface area contributed by atoms with Gasteiger partial charge in [-0.25, -0.2) is 4.39 Å². The van der Waals surface area contributed by atoms with E-state index in [1.807, 2.05) is 36.4 Å². The molecule has 1 atom stereocenters. The standard InChI is InChI=1S/C25H24FNO4/c1-15-5-8-18(13-21(15)26)27-24(28)12-17-11-22(30-3)23(31-4)14-20(17)25(27)16-6-9-19(29-2)10-7-16/h5-11,13-14,25H,12H2,1-4H3/t25-/m0/s1. The molecular weight excluding hydrogens is 397 g/mol. The molecule has 0 bridgehead atoms. The number of carbonyl (C=O) groups is 1. The predicted molar refractivity (Wildman–Crippen MR) is 117 cm³/mol. The molecule has 4 rings (SSSR count). The van der Waals surface area contributed by atoms with Crippen LogP contribution in [0.15, 0.2) is 54.6 Å². The van der Waals surface area contributed by atoms with Crippen LogP contribution in [0.25, 0.3) is 0 Å². The van der Waals surface area contributed by atoms with Crippen LogP contribution in [0.2, 0.25) is 0 Å². The zero-order chi connectivity index (χ0) is 22.1. The Hall–Kier alpha value is -3.54. The lowest BCUT2D eigenvalue weighted by atomic mass is 9.86. The van der Waals surface area contributed by atoms with Crippen molar-refractivity contribution in [1.82, 2.24) is 0 Å². The van der Waals surface area contributed by atoms with Gasteiger partial charge in [-0.15, -0.1) is 0 Å². The van der Waals surface area contributed by atoms with Crippen molar-refractivity contribution in [1.29, 1.82) is 0 Å². The SMILES string of the molecule is COc1ccc([C@H]2c3cc(OC)c(OC)cc3CC(=O)N2c2ccc(C)c(F)c2)cc1. The first kappa shape index (κ1) is 20.7. The molecule has 3 aromatic rings. The second kappa shape index (κ2) is 8.30. The van der Waals surface area contributed by atoms with Crippen molar-refractivity contribution in [2.75, 3.05) is 26.2 Å². The Bertz CT molecular complexity index is 1130. The number of hydrogen-bond acceptors (Lipinski definition) is 4. The third-order valence-corrected chi connectivity index (χ3v) is 5.67. The number of benzene rings is 3. The summed E-state index contributed by atoms with van der Waals surface area (Å²) < 4.78 is 30.6. The molecule has 0 saturated carbocycles. The average molecular weight is 421 g/mol. The number of anilines is 1. The quantitative estimate of drug-likeness (QED) is 0.592.